The summed E-state index contributed by atoms with van der Waals surface area (Å²) < 4.78 is 21.7. The van der Waals surface area contributed by atoms with Crippen LogP contribution in [0.25, 0.3) is 0 Å². The Hall–Kier alpha value is -2.77. The van der Waals surface area contributed by atoms with E-state index in [1.807, 2.05) is 0 Å². The van der Waals surface area contributed by atoms with Crippen molar-refractivity contribution in [2.45, 2.75) is 25.6 Å². The maximum atomic E-state index is 12.9. The molecule has 7 nitrogen and oxygen atoms in total. The topological polar surface area (TPSA) is 88.1 Å². The fourth-order valence-electron chi connectivity index (χ4n) is 3.61. The first kappa shape index (κ1) is 17.6. The van der Waals surface area contributed by atoms with Gasteiger partial charge in [-0.2, -0.15) is 0 Å². The van der Waals surface area contributed by atoms with Gasteiger partial charge in [0, 0.05) is 24.0 Å². The predicted molar refractivity (Wildman–Crippen MR) is 91.8 cm³/mol. The number of carbonyl (C=O) groups is 3. The molecule has 0 aromatic heterocycles. The molecule has 0 atom stereocenters. The zero-order chi connectivity index (χ0) is 19.2. The number of benzene rings is 1. The van der Waals surface area contributed by atoms with E-state index in [-0.39, 0.29) is 41.3 Å². The highest BCUT2D eigenvalue weighted by atomic mass is 16.7. The van der Waals surface area contributed by atoms with Crippen LogP contribution in [0.4, 0.5) is 0 Å². The van der Waals surface area contributed by atoms with Crippen LogP contribution in [0, 0.1) is 0 Å². The molecular formula is C20H18O7. The Bertz CT molecular complexity index is 916. The number of allylic oxidation sites excluding steroid dienone is 2. The van der Waals surface area contributed by atoms with Crippen LogP contribution in [0.5, 0.6) is 0 Å². The molecule has 1 saturated heterocycles. The highest BCUT2D eigenvalue weighted by Crippen LogP contribution is 2.40. The standard InChI is InChI=1S/C20H18O7/c1-20(25-7-8-26-20)10-11-9-14-15(21)12-5-3-4-6-13(12)16(22)18(14)27-17(11)19(23)24-2/h3-6H,7-10H2,1-2H3. The quantitative estimate of drug-likeness (QED) is 0.755. The second-order valence-corrected chi connectivity index (χ2v) is 6.72. The molecule has 2 aliphatic heterocycles. The number of ketones is 2. The number of fused-ring (bicyclic) bond motifs is 1. The van der Waals surface area contributed by atoms with Crippen LogP contribution in [-0.4, -0.2) is 43.6 Å². The smallest absolute Gasteiger partial charge is 0.373 e. The van der Waals surface area contributed by atoms with E-state index in [0.717, 1.165) is 0 Å². The minimum absolute atomic E-state index is 0.0860. The Balaban J connectivity index is 1.74. The van der Waals surface area contributed by atoms with Gasteiger partial charge in [-0.3, -0.25) is 9.59 Å². The predicted octanol–water partition coefficient (Wildman–Crippen LogP) is 2.32. The summed E-state index contributed by atoms with van der Waals surface area (Å²) in [5, 5.41) is 0. The third kappa shape index (κ3) is 2.89. The summed E-state index contributed by atoms with van der Waals surface area (Å²) in [6.07, 6.45) is 0.318. The summed E-state index contributed by atoms with van der Waals surface area (Å²) in [6, 6.07) is 6.57. The second-order valence-electron chi connectivity index (χ2n) is 6.72. The molecule has 0 radical (unpaired) electrons. The molecule has 140 valence electrons. The highest BCUT2D eigenvalue weighted by molar-refractivity contribution is 6.26. The Morgan fingerprint density at radius 2 is 1.74 bits per heavy atom. The van der Waals surface area contributed by atoms with E-state index in [0.29, 0.717) is 24.4 Å². The number of hydrogen-bond donors (Lipinski definition) is 0. The lowest BCUT2D eigenvalue weighted by Crippen LogP contribution is -2.32. The molecule has 27 heavy (non-hydrogen) atoms. The van der Waals surface area contributed by atoms with Gasteiger partial charge in [0.15, 0.2) is 17.3 Å². The van der Waals surface area contributed by atoms with Crippen molar-refractivity contribution in [1.29, 1.82) is 0 Å². The molecule has 1 aromatic rings. The van der Waals surface area contributed by atoms with E-state index in [1.165, 1.54) is 7.11 Å². The van der Waals surface area contributed by atoms with Gasteiger partial charge in [0.2, 0.25) is 11.5 Å². The maximum Gasteiger partial charge on any atom is 0.373 e. The van der Waals surface area contributed by atoms with Crippen molar-refractivity contribution in [3.05, 3.63) is 58.1 Å². The van der Waals surface area contributed by atoms with Crippen molar-refractivity contribution in [2.75, 3.05) is 20.3 Å². The summed E-state index contributed by atoms with van der Waals surface area (Å²) in [4.78, 5) is 38.0. The number of methoxy groups -OCH3 is 1. The van der Waals surface area contributed by atoms with E-state index in [4.69, 9.17) is 18.9 Å². The summed E-state index contributed by atoms with van der Waals surface area (Å²) >= 11 is 0. The van der Waals surface area contributed by atoms with Gasteiger partial charge in [0.1, 0.15) is 0 Å². The van der Waals surface area contributed by atoms with Gasteiger partial charge in [0.05, 0.1) is 25.9 Å². The summed E-state index contributed by atoms with van der Waals surface area (Å²) in [5.74, 6) is -2.52. The first-order valence-electron chi connectivity index (χ1n) is 8.61. The number of ether oxygens (including phenoxy) is 4. The Morgan fingerprint density at radius 3 is 2.37 bits per heavy atom. The van der Waals surface area contributed by atoms with E-state index >= 15 is 0 Å². The zero-order valence-electron chi connectivity index (χ0n) is 15.0. The Morgan fingerprint density at radius 1 is 1.11 bits per heavy atom. The van der Waals surface area contributed by atoms with E-state index in [2.05, 4.69) is 0 Å². The number of rotatable bonds is 3. The minimum Gasteiger partial charge on any atom is -0.463 e. The lowest BCUT2D eigenvalue weighted by molar-refractivity contribution is -0.143. The fourth-order valence-corrected chi connectivity index (χ4v) is 3.61. The van der Waals surface area contributed by atoms with Gasteiger partial charge < -0.3 is 18.9 Å². The molecule has 1 fully saturated rings. The first-order chi connectivity index (χ1) is 12.9. The van der Waals surface area contributed by atoms with Gasteiger partial charge in [-0.05, 0) is 12.5 Å². The van der Waals surface area contributed by atoms with Crippen molar-refractivity contribution < 1.29 is 33.3 Å². The number of carbonyl (C=O) groups excluding carboxylic acids is 3. The molecule has 0 bridgehead atoms. The van der Waals surface area contributed by atoms with Crippen molar-refractivity contribution >= 4 is 17.5 Å². The van der Waals surface area contributed by atoms with Gasteiger partial charge in [0.25, 0.3) is 0 Å². The number of esters is 1. The molecule has 0 saturated carbocycles. The first-order valence-corrected chi connectivity index (χ1v) is 8.61. The minimum atomic E-state index is -0.921. The second kappa shape index (κ2) is 6.44. The largest absolute Gasteiger partial charge is 0.463 e. The molecule has 1 aromatic carbocycles. The Labute approximate surface area is 155 Å². The summed E-state index contributed by atoms with van der Waals surface area (Å²) in [6.45, 7) is 2.64. The fraction of sp³-hybridized carbons (Fsp3) is 0.350. The van der Waals surface area contributed by atoms with Gasteiger partial charge in [-0.15, -0.1) is 0 Å². The third-order valence-corrected chi connectivity index (χ3v) is 4.89. The van der Waals surface area contributed by atoms with Crippen LogP contribution in [-0.2, 0) is 23.7 Å². The Kier molecular flexibility index (Phi) is 4.20. The molecule has 0 spiro atoms. The maximum absolute atomic E-state index is 12.9. The van der Waals surface area contributed by atoms with Crippen LogP contribution in [0.1, 0.15) is 40.5 Å². The number of hydrogen-bond acceptors (Lipinski definition) is 7. The zero-order valence-corrected chi connectivity index (χ0v) is 15.0. The van der Waals surface area contributed by atoms with E-state index in [9.17, 15) is 14.4 Å². The molecule has 0 amide bonds. The van der Waals surface area contributed by atoms with Crippen molar-refractivity contribution in [2.24, 2.45) is 0 Å². The highest BCUT2D eigenvalue weighted by Gasteiger charge is 2.42. The van der Waals surface area contributed by atoms with Crippen LogP contribution in [0.2, 0.25) is 0 Å². The SMILES string of the molecule is COC(=O)C1=C(CC2(C)OCCO2)CC2=C(O1)C(=O)c1ccccc1C2=O. The van der Waals surface area contributed by atoms with Crippen LogP contribution in [0.15, 0.2) is 46.9 Å². The molecule has 1 aliphatic carbocycles. The molecule has 0 N–H and O–H groups in total. The molecule has 3 aliphatic rings. The van der Waals surface area contributed by atoms with E-state index < -0.39 is 17.5 Å². The van der Waals surface area contributed by atoms with Gasteiger partial charge >= 0.3 is 5.97 Å². The average molecular weight is 370 g/mol. The van der Waals surface area contributed by atoms with Crippen molar-refractivity contribution in [3.8, 4) is 0 Å². The van der Waals surface area contributed by atoms with Crippen LogP contribution in [0.3, 0.4) is 0 Å². The molecule has 4 rings (SSSR count). The lowest BCUT2D eigenvalue weighted by Gasteiger charge is -2.30. The van der Waals surface area contributed by atoms with Crippen LogP contribution < -0.4 is 0 Å². The molecule has 7 heteroatoms. The van der Waals surface area contributed by atoms with Gasteiger partial charge in [-0.25, -0.2) is 4.79 Å². The third-order valence-electron chi connectivity index (χ3n) is 4.89. The molecule has 0 unspecified atom stereocenters. The average Bonchev–Trinajstić information content (AvgIpc) is 3.11. The molecule has 2 heterocycles. The molecular weight excluding hydrogens is 352 g/mol. The summed E-state index contributed by atoms with van der Waals surface area (Å²) in [5.41, 5.74) is 1.35. The number of Topliss-reactive ketones (excluding diaryl/α,β-unsaturated/α-hetero) is 2. The van der Waals surface area contributed by atoms with E-state index in [1.54, 1.807) is 31.2 Å². The van der Waals surface area contributed by atoms with Crippen molar-refractivity contribution in [3.63, 3.8) is 0 Å². The monoisotopic (exact) mass is 370 g/mol. The lowest BCUT2D eigenvalue weighted by atomic mass is 9.83. The van der Waals surface area contributed by atoms with Crippen LogP contribution >= 0.6 is 0 Å². The summed E-state index contributed by atoms with van der Waals surface area (Å²) in [7, 11) is 1.23. The van der Waals surface area contributed by atoms with Crippen molar-refractivity contribution in [1.82, 2.24) is 0 Å². The van der Waals surface area contributed by atoms with Gasteiger partial charge in [-0.1, -0.05) is 24.3 Å². The normalized spacial score (nSPS) is 21.0.